The molecule has 1 amide bonds. The molecule has 0 radical (unpaired) electrons. The van der Waals surface area contributed by atoms with Gasteiger partial charge in [-0.25, -0.2) is 18.7 Å². The fourth-order valence-electron chi connectivity index (χ4n) is 2.75. The molecule has 0 spiro atoms. The van der Waals surface area contributed by atoms with Crippen molar-refractivity contribution in [3.63, 3.8) is 0 Å². The van der Waals surface area contributed by atoms with E-state index in [2.05, 4.69) is 20.6 Å². The molecule has 0 fully saturated rings. The lowest BCUT2D eigenvalue weighted by molar-refractivity contribution is 0.0949. The number of amides is 1. The number of aryl methyl sites for hydroxylation is 1. The number of nitrogens with one attached hydrogen (secondary N) is 2. The molecule has 29 heavy (non-hydrogen) atoms. The molecular weight excluding hydrogens is 378 g/mol. The molecule has 0 saturated carbocycles. The van der Waals surface area contributed by atoms with Gasteiger partial charge in [0.2, 0.25) is 5.95 Å². The van der Waals surface area contributed by atoms with Crippen molar-refractivity contribution in [2.75, 3.05) is 19.0 Å². The minimum atomic E-state index is -0.989. The lowest BCUT2D eigenvalue weighted by Gasteiger charge is -2.10. The van der Waals surface area contributed by atoms with E-state index in [1.165, 1.54) is 6.07 Å². The van der Waals surface area contributed by atoms with Crippen molar-refractivity contribution in [3.8, 4) is 5.75 Å². The third-order valence-corrected chi connectivity index (χ3v) is 4.14. The van der Waals surface area contributed by atoms with Crippen LogP contribution in [0.2, 0.25) is 0 Å². The maximum Gasteiger partial charge on any atom is 0.270 e. The summed E-state index contributed by atoms with van der Waals surface area (Å²) < 4.78 is 31.7. The van der Waals surface area contributed by atoms with Crippen LogP contribution in [-0.2, 0) is 6.42 Å². The van der Waals surface area contributed by atoms with Gasteiger partial charge in [-0.15, -0.1) is 0 Å². The van der Waals surface area contributed by atoms with Crippen molar-refractivity contribution in [2.24, 2.45) is 0 Å². The minimum Gasteiger partial charge on any atom is -0.496 e. The number of halogens is 2. The average Bonchev–Trinajstić information content (AvgIpc) is 2.70. The van der Waals surface area contributed by atoms with Gasteiger partial charge in [0.1, 0.15) is 11.4 Å². The third kappa shape index (κ3) is 5.25. The van der Waals surface area contributed by atoms with Crippen molar-refractivity contribution < 1.29 is 18.3 Å². The van der Waals surface area contributed by atoms with E-state index in [1.54, 1.807) is 20.1 Å². The van der Waals surface area contributed by atoms with Gasteiger partial charge in [0.15, 0.2) is 11.6 Å². The van der Waals surface area contributed by atoms with Crippen molar-refractivity contribution in [2.45, 2.75) is 13.3 Å². The van der Waals surface area contributed by atoms with Crippen LogP contribution in [0.1, 0.15) is 21.7 Å². The molecule has 8 heteroatoms. The molecule has 0 unspecified atom stereocenters. The number of benzene rings is 2. The predicted molar refractivity (Wildman–Crippen MR) is 105 cm³/mol. The first-order valence-electron chi connectivity index (χ1n) is 8.94. The van der Waals surface area contributed by atoms with Gasteiger partial charge in [0, 0.05) is 24.0 Å². The van der Waals surface area contributed by atoms with Gasteiger partial charge in [-0.3, -0.25) is 4.79 Å². The lowest BCUT2D eigenvalue weighted by Crippen LogP contribution is -2.27. The maximum absolute atomic E-state index is 13.4. The standard InChI is InChI=1S/C21H20F2N4O2/c1-13-11-18(20(28)24-10-9-14-5-3-4-6-19(14)29-2)27-21(25-13)26-15-7-8-16(22)17(23)12-15/h3-8,11-12H,9-10H2,1-2H3,(H,24,28)(H,25,26,27). The number of carbonyl (C=O) groups excluding carboxylic acids is 1. The lowest BCUT2D eigenvalue weighted by atomic mass is 10.1. The Kier molecular flexibility index (Phi) is 6.33. The number of nitrogens with zero attached hydrogens (tertiary/aromatic N) is 2. The Bertz CT molecular complexity index is 1030. The number of anilines is 2. The summed E-state index contributed by atoms with van der Waals surface area (Å²) in [6.07, 6.45) is 0.597. The first-order valence-corrected chi connectivity index (χ1v) is 8.94. The Labute approximate surface area is 167 Å². The van der Waals surface area contributed by atoms with Crippen LogP contribution in [0, 0.1) is 18.6 Å². The number of hydrogen-bond acceptors (Lipinski definition) is 5. The van der Waals surface area contributed by atoms with Crippen LogP contribution in [0.4, 0.5) is 20.4 Å². The van der Waals surface area contributed by atoms with Gasteiger partial charge >= 0.3 is 0 Å². The molecule has 0 aliphatic heterocycles. The number of carbonyl (C=O) groups is 1. The maximum atomic E-state index is 13.4. The molecule has 6 nitrogen and oxygen atoms in total. The highest BCUT2D eigenvalue weighted by molar-refractivity contribution is 5.92. The van der Waals surface area contributed by atoms with E-state index in [-0.39, 0.29) is 23.2 Å². The Morgan fingerprint density at radius 3 is 2.62 bits per heavy atom. The highest BCUT2D eigenvalue weighted by Gasteiger charge is 2.12. The van der Waals surface area contributed by atoms with Gasteiger partial charge in [-0.05, 0) is 43.2 Å². The highest BCUT2D eigenvalue weighted by atomic mass is 19.2. The molecule has 2 aromatic carbocycles. The molecule has 0 aliphatic carbocycles. The molecule has 0 atom stereocenters. The molecule has 1 aromatic heterocycles. The topological polar surface area (TPSA) is 76.1 Å². The highest BCUT2D eigenvalue weighted by Crippen LogP contribution is 2.18. The van der Waals surface area contributed by atoms with E-state index in [0.717, 1.165) is 23.4 Å². The van der Waals surface area contributed by atoms with Gasteiger partial charge < -0.3 is 15.4 Å². The number of aromatic nitrogens is 2. The summed E-state index contributed by atoms with van der Waals surface area (Å²) in [7, 11) is 1.60. The van der Waals surface area contributed by atoms with Crippen LogP contribution in [0.15, 0.2) is 48.5 Å². The average molecular weight is 398 g/mol. The smallest absolute Gasteiger partial charge is 0.270 e. The first kappa shape index (κ1) is 20.2. The summed E-state index contributed by atoms with van der Waals surface area (Å²) >= 11 is 0. The molecule has 0 saturated heterocycles. The normalized spacial score (nSPS) is 10.5. The van der Waals surface area contributed by atoms with E-state index < -0.39 is 11.6 Å². The number of methoxy groups -OCH3 is 1. The van der Waals surface area contributed by atoms with E-state index in [0.29, 0.717) is 18.7 Å². The number of hydrogen-bond donors (Lipinski definition) is 2. The summed E-state index contributed by atoms with van der Waals surface area (Å²) in [6, 6.07) is 12.5. The Balaban J connectivity index is 1.66. The largest absolute Gasteiger partial charge is 0.496 e. The summed E-state index contributed by atoms with van der Waals surface area (Å²) in [5.41, 5.74) is 1.98. The van der Waals surface area contributed by atoms with Crippen molar-refractivity contribution in [3.05, 3.63) is 77.1 Å². The van der Waals surface area contributed by atoms with Gasteiger partial charge in [0.25, 0.3) is 5.91 Å². The Morgan fingerprint density at radius 1 is 1.07 bits per heavy atom. The molecule has 1 heterocycles. The van der Waals surface area contributed by atoms with Gasteiger partial charge in [-0.2, -0.15) is 0 Å². The monoisotopic (exact) mass is 398 g/mol. The first-order chi connectivity index (χ1) is 14.0. The molecule has 150 valence electrons. The number of ether oxygens (including phenoxy) is 1. The fraction of sp³-hybridized carbons (Fsp3) is 0.190. The molecular formula is C21H20F2N4O2. The van der Waals surface area contributed by atoms with Crippen LogP contribution >= 0.6 is 0 Å². The SMILES string of the molecule is COc1ccccc1CCNC(=O)c1cc(C)nc(Nc2ccc(F)c(F)c2)n1. The quantitative estimate of drug-likeness (QED) is 0.633. The van der Waals surface area contributed by atoms with E-state index in [1.807, 2.05) is 24.3 Å². The zero-order valence-electron chi connectivity index (χ0n) is 16.0. The van der Waals surface area contributed by atoms with Crippen LogP contribution in [0.5, 0.6) is 5.75 Å². The molecule has 0 bridgehead atoms. The van der Waals surface area contributed by atoms with Gasteiger partial charge in [0.05, 0.1) is 7.11 Å². The summed E-state index contributed by atoms with van der Waals surface area (Å²) in [6.45, 7) is 2.11. The summed E-state index contributed by atoms with van der Waals surface area (Å²) in [5.74, 6) is -1.42. The van der Waals surface area contributed by atoms with Crippen molar-refractivity contribution in [1.29, 1.82) is 0 Å². The predicted octanol–water partition coefficient (Wildman–Crippen LogP) is 3.79. The van der Waals surface area contributed by atoms with Crippen molar-refractivity contribution >= 4 is 17.5 Å². The van der Waals surface area contributed by atoms with Crippen LogP contribution in [0.3, 0.4) is 0 Å². The molecule has 3 aromatic rings. The summed E-state index contributed by atoms with van der Waals surface area (Å²) in [5, 5.41) is 5.59. The number of para-hydroxylation sites is 1. The van der Waals surface area contributed by atoms with Crippen LogP contribution in [-0.4, -0.2) is 29.5 Å². The zero-order chi connectivity index (χ0) is 20.8. The zero-order valence-corrected chi connectivity index (χ0v) is 16.0. The molecule has 0 aliphatic rings. The number of rotatable bonds is 7. The van der Waals surface area contributed by atoms with Crippen molar-refractivity contribution in [1.82, 2.24) is 15.3 Å². The second-order valence-corrected chi connectivity index (χ2v) is 6.29. The van der Waals surface area contributed by atoms with Gasteiger partial charge in [-0.1, -0.05) is 18.2 Å². The second-order valence-electron chi connectivity index (χ2n) is 6.29. The Morgan fingerprint density at radius 2 is 1.86 bits per heavy atom. The van der Waals surface area contributed by atoms with Crippen LogP contribution < -0.4 is 15.4 Å². The van der Waals surface area contributed by atoms with E-state index >= 15 is 0 Å². The summed E-state index contributed by atoms with van der Waals surface area (Å²) in [4.78, 5) is 20.8. The van der Waals surface area contributed by atoms with Crippen LogP contribution in [0.25, 0.3) is 0 Å². The van der Waals surface area contributed by atoms with E-state index in [4.69, 9.17) is 4.74 Å². The fourth-order valence-corrected chi connectivity index (χ4v) is 2.75. The Hall–Kier alpha value is -3.55. The van der Waals surface area contributed by atoms with E-state index in [9.17, 15) is 13.6 Å². The minimum absolute atomic E-state index is 0.117. The molecule has 2 N–H and O–H groups in total. The molecule has 3 rings (SSSR count). The third-order valence-electron chi connectivity index (χ3n) is 4.14. The second kappa shape index (κ2) is 9.09.